The summed E-state index contributed by atoms with van der Waals surface area (Å²) in [4.78, 5) is 91.3. The first-order valence-electron chi connectivity index (χ1n) is 16.6. The van der Waals surface area contributed by atoms with Gasteiger partial charge in [0.1, 0.15) is 36.3 Å². The third kappa shape index (κ3) is 14.4. The Bertz CT molecular complexity index is 1120. The number of carbonyl (C=O) groups excluding carboxylic acids is 6. The monoisotopic (exact) mass is 700 g/mol. The molecule has 1 aliphatic heterocycles. The van der Waals surface area contributed by atoms with E-state index in [4.69, 9.17) is 11.5 Å². The lowest BCUT2D eigenvalue weighted by Crippen LogP contribution is -2.60. The summed E-state index contributed by atoms with van der Waals surface area (Å²) in [7, 11) is 0. The Morgan fingerprint density at radius 2 is 1.33 bits per heavy atom. The minimum atomic E-state index is -1.17. The number of unbranched alkanes of at least 4 members (excludes halogenated alkanes) is 1. The summed E-state index contributed by atoms with van der Waals surface area (Å²) >= 11 is 4.17. The highest BCUT2D eigenvalue weighted by Gasteiger charge is 2.40. The fourth-order valence-corrected chi connectivity index (χ4v) is 5.58. The number of amides is 6. The number of hydrogen-bond acceptors (Lipinski definition) is 10. The number of hydrogen-bond donors (Lipinski definition) is 9. The third-order valence-corrected chi connectivity index (χ3v) is 8.20. The smallest absolute Gasteiger partial charge is 0.326 e. The lowest BCUT2D eigenvalue weighted by atomic mass is 9.99. The number of nitrogens with two attached hydrogens (primary N) is 2. The summed E-state index contributed by atoms with van der Waals surface area (Å²) in [6.07, 6.45) is 2.66. The SMILES string of the molecule is CC(C)C[C@H](NC(=O)[C@H](CS)NC(=O)[C@H](C)NC(=O)CN)C(=O)N[C@@H](CC(C)C)C(=O)N1CCC[C@H]1C(=O)N[C@@H](CCCCN)C(=O)O. The first kappa shape index (κ1) is 42.6. The van der Waals surface area contributed by atoms with Gasteiger partial charge in [-0.15, -0.1) is 0 Å². The molecule has 1 fully saturated rings. The van der Waals surface area contributed by atoms with Crippen LogP contribution in [-0.2, 0) is 33.6 Å². The van der Waals surface area contributed by atoms with Crippen LogP contribution in [0.3, 0.4) is 0 Å². The molecule has 0 unspecified atom stereocenters. The topological polar surface area (TPSA) is 255 Å². The number of rotatable bonds is 21. The standard InChI is InChI=1S/C31H56N8O8S/c1-17(2)13-21(36-28(43)23(16-48)38-26(41)19(5)34-25(40)15-33)27(42)37-22(14-18(3)4)30(45)39-12-8-10-24(39)29(44)35-20(31(46)47)9-6-7-11-32/h17-24,48H,6-16,32-33H2,1-5H3,(H,34,40)(H,35,44)(H,36,43)(H,37,42)(H,38,41)(H,46,47)/t19-,20-,21-,22-,23-,24-/m0/s1. The van der Waals surface area contributed by atoms with E-state index in [9.17, 15) is 38.7 Å². The van der Waals surface area contributed by atoms with Gasteiger partial charge in [0.05, 0.1) is 6.54 Å². The summed E-state index contributed by atoms with van der Waals surface area (Å²) in [6.45, 7) is 9.25. The van der Waals surface area contributed by atoms with Crippen molar-refractivity contribution in [2.45, 2.75) is 116 Å². The van der Waals surface area contributed by atoms with Gasteiger partial charge in [0.25, 0.3) is 0 Å². The number of likely N-dealkylation sites (tertiary alicyclic amines) is 1. The predicted octanol–water partition coefficient (Wildman–Crippen LogP) is -1.38. The zero-order valence-electron chi connectivity index (χ0n) is 28.8. The highest BCUT2D eigenvalue weighted by molar-refractivity contribution is 7.80. The molecule has 0 aromatic heterocycles. The highest BCUT2D eigenvalue weighted by Crippen LogP contribution is 2.21. The van der Waals surface area contributed by atoms with E-state index in [1.165, 1.54) is 11.8 Å². The van der Waals surface area contributed by atoms with Crippen molar-refractivity contribution < 1.29 is 38.7 Å². The van der Waals surface area contributed by atoms with Gasteiger partial charge in [-0.2, -0.15) is 12.6 Å². The molecule has 1 saturated heterocycles. The lowest BCUT2D eigenvalue weighted by molar-refractivity contribution is -0.145. The number of nitrogens with zero attached hydrogens (tertiary/aromatic N) is 1. The maximum atomic E-state index is 13.9. The third-order valence-electron chi connectivity index (χ3n) is 7.83. The van der Waals surface area contributed by atoms with Gasteiger partial charge in [-0.3, -0.25) is 28.8 Å². The summed E-state index contributed by atoms with van der Waals surface area (Å²) in [5.74, 6) is -4.90. The number of carbonyl (C=O) groups is 7. The second kappa shape index (κ2) is 21.5. The average molecular weight is 701 g/mol. The highest BCUT2D eigenvalue weighted by atomic mass is 32.1. The second-order valence-corrected chi connectivity index (χ2v) is 13.4. The number of carboxylic acids is 1. The van der Waals surface area contributed by atoms with Crippen LogP contribution < -0.4 is 38.1 Å². The molecule has 0 aromatic carbocycles. The summed E-state index contributed by atoms with van der Waals surface area (Å²) < 4.78 is 0. The molecule has 0 spiro atoms. The Kier molecular flexibility index (Phi) is 19.1. The Morgan fingerprint density at radius 3 is 1.88 bits per heavy atom. The first-order valence-corrected chi connectivity index (χ1v) is 17.2. The van der Waals surface area contributed by atoms with Crippen LogP contribution in [-0.4, -0.2) is 113 Å². The molecular weight excluding hydrogens is 644 g/mol. The van der Waals surface area contributed by atoms with Crippen molar-refractivity contribution in [1.29, 1.82) is 0 Å². The number of aliphatic carboxylic acids is 1. The van der Waals surface area contributed by atoms with Gasteiger partial charge in [-0.1, -0.05) is 27.7 Å². The first-order chi connectivity index (χ1) is 22.6. The number of carboxylic acid groups (broad SMARTS) is 1. The van der Waals surface area contributed by atoms with Crippen molar-refractivity contribution in [3.05, 3.63) is 0 Å². The molecule has 0 saturated carbocycles. The van der Waals surface area contributed by atoms with E-state index in [1.807, 2.05) is 27.7 Å². The normalized spacial score (nSPS) is 17.5. The van der Waals surface area contributed by atoms with Crippen LogP contribution in [0.4, 0.5) is 0 Å². The van der Waals surface area contributed by atoms with Gasteiger partial charge in [0.15, 0.2) is 0 Å². The molecule has 0 aromatic rings. The molecule has 1 aliphatic rings. The summed E-state index contributed by atoms with van der Waals surface area (Å²) in [5.41, 5.74) is 10.8. The van der Waals surface area contributed by atoms with Crippen molar-refractivity contribution in [2.24, 2.45) is 23.3 Å². The van der Waals surface area contributed by atoms with Gasteiger partial charge in [0, 0.05) is 12.3 Å². The van der Waals surface area contributed by atoms with Gasteiger partial charge >= 0.3 is 5.97 Å². The lowest BCUT2D eigenvalue weighted by Gasteiger charge is -2.31. The van der Waals surface area contributed by atoms with Gasteiger partial charge < -0.3 is 48.1 Å². The minimum Gasteiger partial charge on any atom is -0.480 e. The largest absolute Gasteiger partial charge is 0.480 e. The van der Waals surface area contributed by atoms with Crippen molar-refractivity contribution in [3.63, 3.8) is 0 Å². The molecule has 274 valence electrons. The minimum absolute atomic E-state index is 0.0308. The summed E-state index contributed by atoms with van der Waals surface area (Å²) in [6, 6.07) is -6.23. The number of nitrogens with one attached hydrogen (secondary N) is 5. The van der Waals surface area contributed by atoms with Crippen LogP contribution in [0.25, 0.3) is 0 Å². The Morgan fingerprint density at radius 1 is 0.771 bits per heavy atom. The zero-order valence-corrected chi connectivity index (χ0v) is 29.6. The van der Waals surface area contributed by atoms with Crippen LogP contribution in [0.2, 0.25) is 0 Å². The molecule has 0 radical (unpaired) electrons. The Labute approximate surface area is 288 Å². The van der Waals surface area contributed by atoms with Crippen LogP contribution in [0.5, 0.6) is 0 Å². The van der Waals surface area contributed by atoms with Crippen molar-refractivity contribution in [1.82, 2.24) is 31.5 Å². The molecule has 1 rings (SSSR count). The maximum Gasteiger partial charge on any atom is 0.326 e. The average Bonchev–Trinajstić information content (AvgIpc) is 3.51. The van der Waals surface area contributed by atoms with Gasteiger partial charge in [-0.25, -0.2) is 4.79 Å². The van der Waals surface area contributed by atoms with E-state index in [0.29, 0.717) is 32.2 Å². The molecule has 17 heteroatoms. The zero-order chi connectivity index (χ0) is 36.6. The van der Waals surface area contributed by atoms with Crippen molar-refractivity contribution in [3.8, 4) is 0 Å². The Balaban J connectivity index is 3.11. The molecule has 6 atom stereocenters. The molecule has 10 N–H and O–H groups in total. The predicted molar refractivity (Wildman–Crippen MR) is 182 cm³/mol. The van der Waals surface area contributed by atoms with E-state index < -0.39 is 77.7 Å². The molecular formula is C31H56N8O8S. The maximum absolute atomic E-state index is 13.9. The fraction of sp³-hybridized carbons (Fsp3) is 0.774. The van der Waals surface area contributed by atoms with Gasteiger partial charge in [0.2, 0.25) is 35.4 Å². The van der Waals surface area contributed by atoms with E-state index in [2.05, 4.69) is 39.2 Å². The summed E-state index contributed by atoms with van der Waals surface area (Å²) in [5, 5.41) is 22.5. The molecule has 1 heterocycles. The van der Waals surface area contributed by atoms with Gasteiger partial charge in [-0.05, 0) is 70.3 Å². The molecule has 6 amide bonds. The number of thiol groups is 1. The van der Waals surface area contributed by atoms with E-state index in [-0.39, 0.29) is 49.9 Å². The van der Waals surface area contributed by atoms with E-state index >= 15 is 0 Å². The van der Waals surface area contributed by atoms with Crippen LogP contribution >= 0.6 is 12.6 Å². The van der Waals surface area contributed by atoms with E-state index in [1.54, 1.807) is 0 Å². The second-order valence-electron chi connectivity index (χ2n) is 13.0. The van der Waals surface area contributed by atoms with Crippen LogP contribution in [0.15, 0.2) is 0 Å². The fourth-order valence-electron chi connectivity index (χ4n) is 5.32. The quantitative estimate of drug-likeness (QED) is 0.0501. The van der Waals surface area contributed by atoms with Crippen LogP contribution in [0.1, 0.15) is 79.6 Å². The van der Waals surface area contributed by atoms with E-state index in [0.717, 1.165) is 0 Å². The van der Waals surface area contributed by atoms with Crippen LogP contribution in [0, 0.1) is 11.8 Å². The molecule has 0 aliphatic carbocycles. The van der Waals surface area contributed by atoms with Crippen molar-refractivity contribution in [2.75, 3.05) is 25.4 Å². The molecule has 48 heavy (non-hydrogen) atoms. The molecule has 16 nitrogen and oxygen atoms in total. The Hall–Kier alpha value is -3.44. The van der Waals surface area contributed by atoms with Crippen molar-refractivity contribution >= 4 is 54.0 Å². The molecule has 0 bridgehead atoms.